The number of hydrogen-bond acceptors (Lipinski definition) is 6. The first-order valence-corrected chi connectivity index (χ1v) is 14.2. The van der Waals surface area contributed by atoms with Crippen molar-refractivity contribution in [2.24, 2.45) is 0 Å². The summed E-state index contributed by atoms with van der Waals surface area (Å²) in [5.74, 6) is -1.87. The van der Waals surface area contributed by atoms with Crippen LogP contribution in [0.1, 0.15) is 62.9 Å². The Morgan fingerprint density at radius 2 is 1.48 bits per heavy atom. The van der Waals surface area contributed by atoms with Gasteiger partial charge < -0.3 is 9.80 Å². The van der Waals surface area contributed by atoms with Crippen LogP contribution in [0.5, 0.6) is 0 Å². The summed E-state index contributed by atoms with van der Waals surface area (Å²) in [5.41, 5.74) is 2.33. The molecule has 6 rings (SSSR count). The van der Waals surface area contributed by atoms with Gasteiger partial charge in [0.1, 0.15) is 6.04 Å². The standard InChI is InChI=1S/C34H28N4O6/c1-21-19-30(37(24-12-4-3-5-13-24)32(40)23-11-10-14-25(20-23)38(43)44)28-17-8-9-18-29(28)35(21)31(39)22(2)36-33(41)26-15-6-7-16-27(26)34(36)42/h3-18,20-22,30H,19H2,1-2H3/t21-,22+,30+/m0/s1. The zero-order valence-electron chi connectivity index (χ0n) is 24.0. The minimum atomic E-state index is -1.08. The van der Waals surface area contributed by atoms with E-state index in [1.165, 1.54) is 18.2 Å². The molecule has 0 saturated carbocycles. The lowest BCUT2D eigenvalue weighted by molar-refractivity contribution is -0.384. The van der Waals surface area contributed by atoms with Crippen LogP contribution in [0.4, 0.5) is 17.1 Å². The second kappa shape index (κ2) is 11.2. The number of benzene rings is 4. The van der Waals surface area contributed by atoms with Crippen LogP contribution in [-0.2, 0) is 4.79 Å². The minimum absolute atomic E-state index is 0.158. The maximum Gasteiger partial charge on any atom is 0.270 e. The summed E-state index contributed by atoms with van der Waals surface area (Å²) >= 11 is 0. The molecule has 0 aliphatic carbocycles. The Balaban J connectivity index is 1.39. The van der Waals surface area contributed by atoms with Crippen LogP contribution < -0.4 is 9.80 Å². The topological polar surface area (TPSA) is 121 Å². The van der Waals surface area contributed by atoms with Crippen molar-refractivity contribution >= 4 is 40.7 Å². The number of carbonyl (C=O) groups is 4. The van der Waals surface area contributed by atoms with E-state index in [1.807, 2.05) is 25.1 Å². The highest BCUT2D eigenvalue weighted by atomic mass is 16.6. The number of nitro benzene ring substituents is 1. The van der Waals surface area contributed by atoms with E-state index in [9.17, 15) is 29.3 Å². The van der Waals surface area contributed by atoms with E-state index in [2.05, 4.69) is 0 Å². The number of rotatable bonds is 6. The quantitative estimate of drug-likeness (QED) is 0.160. The molecule has 220 valence electrons. The van der Waals surface area contributed by atoms with Gasteiger partial charge in [0.25, 0.3) is 23.4 Å². The van der Waals surface area contributed by atoms with Crippen molar-refractivity contribution in [1.82, 2.24) is 4.90 Å². The van der Waals surface area contributed by atoms with Crippen LogP contribution in [0, 0.1) is 10.1 Å². The van der Waals surface area contributed by atoms with Gasteiger partial charge in [-0.2, -0.15) is 0 Å². The molecular formula is C34H28N4O6. The Hall–Kier alpha value is -5.64. The summed E-state index contributed by atoms with van der Waals surface area (Å²) in [7, 11) is 0. The van der Waals surface area contributed by atoms with Crippen LogP contribution in [0.25, 0.3) is 0 Å². The van der Waals surface area contributed by atoms with Gasteiger partial charge in [0, 0.05) is 35.1 Å². The molecular weight excluding hydrogens is 560 g/mol. The summed E-state index contributed by atoms with van der Waals surface area (Å²) in [6.45, 7) is 3.41. The van der Waals surface area contributed by atoms with Gasteiger partial charge in [-0.05, 0) is 62.2 Å². The molecule has 0 bridgehead atoms. The van der Waals surface area contributed by atoms with Crippen LogP contribution in [0.2, 0.25) is 0 Å². The maximum atomic E-state index is 14.2. The Labute approximate surface area is 253 Å². The number of hydrogen-bond donors (Lipinski definition) is 0. The van der Waals surface area contributed by atoms with Crippen LogP contribution in [0.3, 0.4) is 0 Å². The van der Waals surface area contributed by atoms with Gasteiger partial charge in [-0.25, -0.2) is 0 Å². The molecule has 44 heavy (non-hydrogen) atoms. The van der Waals surface area contributed by atoms with Gasteiger partial charge in [-0.3, -0.25) is 34.2 Å². The Morgan fingerprint density at radius 1 is 0.864 bits per heavy atom. The average Bonchev–Trinajstić information content (AvgIpc) is 3.30. The van der Waals surface area contributed by atoms with Gasteiger partial charge in [-0.1, -0.05) is 54.6 Å². The largest absolute Gasteiger partial charge is 0.307 e. The van der Waals surface area contributed by atoms with E-state index >= 15 is 0 Å². The zero-order valence-corrected chi connectivity index (χ0v) is 24.0. The molecule has 4 amide bonds. The fraction of sp³-hybridized carbons (Fsp3) is 0.176. The van der Waals surface area contributed by atoms with Crippen LogP contribution in [0.15, 0.2) is 103 Å². The molecule has 0 radical (unpaired) electrons. The first-order chi connectivity index (χ1) is 21.2. The van der Waals surface area contributed by atoms with Crippen molar-refractivity contribution < 1.29 is 24.1 Å². The van der Waals surface area contributed by atoms with Gasteiger partial charge in [0.2, 0.25) is 5.91 Å². The highest BCUT2D eigenvalue weighted by molar-refractivity contribution is 6.23. The first kappa shape index (κ1) is 28.5. The monoisotopic (exact) mass is 588 g/mol. The number of nitrogens with zero attached hydrogens (tertiary/aromatic N) is 4. The number of carbonyl (C=O) groups excluding carboxylic acids is 4. The number of amides is 4. The summed E-state index contributed by atoms with van der Waals surface area (Å²) in [6.07, 6.45) is 0.327. The lowest BCUT2D eigenvalue weighted by Gasteiger charge is -2.44. The molecule has 0 N–H and O–H groups in total. The molecule has 10 heteroatoms. The third-order valence-corrected chi connectivity index (χ3v) is 8.24. The molecule has 0 saturated heterocycles. The molecule has 2 heterocycles. The second-order valence-corrected chi connectivity index (χ2v) is 10.9. The Morgan fingerprint density at radius 3 is 2.14 bits per heavy atom. The van der Waals surface area contributed by atoms with Crippen molar-refractivity contribution in [3.05, 3.63) is 135 Å². The van der Waals surface area contributed by atoms with E-state index in [-0.39, 0.29) is 22.4 Å². The van der Waals surface area contributed by atoms with Crippen molar-refractivity contribution in [3.8, 4) is 0 Å². The molecule has 2 aliphatic rings. The maximum absolute atomic E-state index is 14.2. The number of non-ortho nitro benzene ring substituents is 1. The summed E-state index contributed by atoms with van der Waals surface area (Å²) in [6, 6.07) is 26.3. The summed E-state index contributed by atoms with van der Waals surface area (Å²) < 4.78 is 0. The molecule has 4 aromatic carbocycles. The fourth-order valence-electron chi connectivity index (χ4n) is 6.15. The van der Waals surface area contributed by atoms with Gasteiger partial charge >= 0.3 is 0 Å². The molecule has 4 aromatic rings. The number of imide groups is 1. The van der Waals surface area contributed by atoms with Crippen molar-refractivity contribution in [2.75, 3.05) is 9.80 Å². The van der Waals surface area contributed by atoms with E-state index in [0.717, 1.165) is 4.90 Å². The third-order valence-electron chi connectivity index (χ3n) is 8.24. The van der Waals surface area contributed by atoms with Gasteiger partial charge in [0.05, 0.1) is 22.1 Å². The average molecular weight is 589 g/mol. The fourth-order valence-corrected chi connectivity index (χ4v) is 6.15. The smallest absolute Gasteiger partial charge is 0.270 e. The molecule has 0 aromatic heterocycles. The van der Waals surface area contributed by atoms with Crippen molar-refractivity contribution in [3.63, 3.8) is 0 Å². The molecule has 10 nitrogen and oxygen atoms in total. The number of para-hydroxylation sites is 2. The van der Waals surface area contributed by atoms with E-state index < -0.39 is 46.7 Å². The third kappa shape index (κ3) is 4.70. The molecule has 0 fully saturated rings. The van der Waals surface area contributed by atoms with Gasteiger partial charge in [-0.15, -0.1) is 0 Å². The van der Waals surface area contributed by atoms with Gasteiger partial charge in [0.15, 0.2) is 0 Å². The molecule has 2 aliphatic heterocycles. The van der Waals surface area contributed by atoms with Crippen molar-refractivity contribution in [1.29, 1.82) is 0 Å². The van der Waals surface area contributed by atoms with E-state index in [4.69, 9.17) is 0 Å². The summed E-state index contributed by atoms with van der Waals surface area (Å²) in [5, 5.41) is 11.5. The first-order valence-electron chi connectivity index (χ1n) is 14.2. The molecule has 0 spiro atoms. The SMILES string of the molecule is C[C@H](C(=O)N1c2ccccc2[C@H](N(C(=O)c2cccc([N+](=O)[O-])c2)c2ccccc2)C[C@@H]1C)N1C(=O)c2ccccc2C1=O. The molecule has 0 unspecified atom stereocenters. The van der Waals surface area contributed by atoms with Crippen molar-refractivity contribution in [2.45, 2.75) is 38.4 Å². The number of nitro groups is 1. The lowest BCUT2D eigenvalue weighted by Crippen LogP contribution is -2.55. The van der Waals surface area contributed by atoms with Crippen LogP contribution >= 0.6 is 0 Å². The highest BCUT2D eigenvalue weighted by Gasteiger charge is 2.45. The van der Waals surface area contributed by atoms with E-state index in [1.54, 1.807) is 83.5 Å². The Kier molecular flexibility index (Phi) is 7.26. The van der Waals surface area contributed by atoms with E-state index in [0.29, 0.717) is 23.4 Å². The minimum Gasteiger partial charge on any atom is -0.307 e. The molecule has 3 atom stereocenters. The summed E-state index contributed by atoms with van der Waals surface area (Å²) in [4.78, 5) is 69.8. The lowest BCUT2D eigenvalue weighted by atomic mass is 9.89. The normalized spacial score (nSPS) is 18.0. The predicted molar refractivity (Wildman–Crippen MR) is 163 cm³/mol. The zero-order chi connectivity index (χ0) is 31.1. The van der Waals surface area contributed by atoms with Crippen LogP contribution in [-0.4, -0.2) is 45.5 Å². The number of fused-ring (bicyclic) bond motifs is 2. The second-order valence-electron chi connectivity index (χ2n) is 10.9. The highest BCUT2D eigenvalue weighted by Crippen LogP contribution is 2.43. The number of anilines is 2. The Bertz CT molecular complexity index is 1790. The predicted octanol–water partition coefficient (Wildman–Crippen LogP) is 5.79.